The van der Waals surface area contributed by atoms with Crippen LogP contribution in [0, 0.1) is 5.92 Å². The van der Waals surface area contributed by atoms with Gasteiger partial charge in [0, 0.05) is 6.42 Å². The minimum absolute atomic E-state index is 0.164. The molecule has 0 amide bonds. The second kappa shape index (κ2) is 5.75. The first-order valence-electron chi connectivity index (χ1n) is 4.29. The molecule has 70 valence electrons. The van der Waals surface area contributed by atoms with Gasteiger partial charge in [0.15, 0.2) is 0 Å². The molecule has 0 saturated heterocycles. The maximum atomic E-state index is 10.9. The van der Waals surface area contributed by atoms with Crippen molar-refractivity contribution in [3.05, 3.63) is 0 Å². The number of hydrogen-bond donors (Lipinski definition) is 1. The van der Waals surface area contributed by atoms with Gasteiger partial charge in [-0.15, -0.1) is 0 Å². The van der Waals surface area contributed by atoms with Gasteiger partial charge in [-0.2, -0.15) is 0 Å². The maximum absolute atomic E-state index is 10.9. The van der Waals surface area contributed by atoms with E-state index >= 15 is 0 Å². The Morgan fingerprint density at radius 3 is 2.42 bits per heavy atom. The molecule has 0 aliphatic rings. The summed E-state index contributed by atoms with van der Waals surface area (Å²) in [5.41, 5.74) is 0. The van der Waals surface area contributed by atoms with Gasteiger partial charge >= 0.3 is 5.97 Å². The van der Waals surface area contributed by atoms with E-state index in [4.69, 9.17) is 5.11 Å². The summed E-state index contributed by atoms with van der Waals surface area (Å²) in [5.74, 6) is -0.672. The number of hydrogen-bond acceptors (Lipinski definition) is 2. The number of carbonyl (C=O) groups excluding carboxylic acids is 1. The summed E-state index contributed by atoms with van der Waals surface area (Å²) in [6.45, 7) is 4.13. The Bertz CT molecular complexity index is 163. The topological polar surface area (TPSA) is 54.4 Å². The van der Waals surface area contributed by atoms with E-state index in [1.165, 1.54) is 0 Å². The highest BCUT2D eigenvalue weighted by atomic mass is 16.4. The Labute approximate surface area is 72.8 Å². The van der Waals surface area contributed by atoms with Crippen molar-refractivity contribution >= 4 is 11.8 Å². The Kier molecular flexibility index (Phi) is 5.34. The summed E-state index contributed by atoms with van der Waals surface area (Å²) >= 11 is 0. The lowest BCUT2D eigenvalue weighted by Gasteiger charge is -2.05. The van der Waals surface area contributed by atoms with Crippen molar-refractivity contribution < 1.29 is 14.7 Å². The number of rotatable bonds is 6. The van der Waals surface area contributed by atoms with E-state index in [1.807, 2.05) is 0 Å². The normalized spacial score (nSPS) is 12.5. The van der Waals surface area contributed by atoms with E-state index in [9.17, 15) is 9.59 Å². The number of ketones is 1. The fourth-order valence-corrected chi connectivity index (χ4v) is 0.869. The maximum Gasteiger partial charge on any atom is 0.310 e. The Morgan fingerprint density at radius 1 is 1.42 bits per heavy atom. The zero-order chi connectivity index (χ0) is 9.56. The Hall–Kier alpha value is -0.860. The molecule has 1 unspecified atom stereocenters. The SMILES string of the molecule is CCC(C)CCC(=O)CC(=O)O. The molecule has 3 heteroatoms. The summed E-state index contributed by atoms with van der Waals surface area (Å²) in [5, 5.41) is 8.29. The van der Waals surface area contributed by atoms with Crippen LogP contribution in [-0.2, 0) is 9.59 Å². The van der Waals surface area contributed by atoms with Crippen LogP contribution in [-0.4, -0.2) is 16.9 Å². The molecule has 0 radical (unpaired) electrons. The van der Waals surface area contributed by atoms with Gasteiger partial charge in [-0.25, -0.2) is 0 Å². The summed E-state index contributed by atoms with van der Waals surface area (Å²) in [6, 6.07) is 0. The van der Waals surface area contributed by atoms with E-state index < -0.39 is 5.97 Å². The zero-order valence-electron chi connectivity index (χ0n) is 7.67. The first kappa shape index (κ1) is 11.1. The highest BCUT2D eigenvalue weighted by Gasteiger charge is 2.08. The Balaban J connectivity index is 3.50. The lowest BCUT2D eigenvalue weighted by molar-refractivity contribution is -0.140. The van der Waals surface area contributed by atoms with Crippen molar-refractivity contribution in [1.29, 1.82) is 0 Å². The summed E-state index contributed by atoms with van der Waals surface area (Å²) in [4.78, 5) is 21.0. The van der Waals surface area contributed by atoms with Crippen LogP contribution in [0.5, 0.6) is 0 Å². The van der Waals surface area contributed by atoms with E-state index in [1.54, 1.807) is 0 Å². The molecule has 0 aromatic carbocycles. The molecule has 3 nitrogen and oxygen atoms in total. The molecule has 1 N–H and O–H groups in total. The molecular formula is C9H16O3. The standard InChI is InChI=1S/C9H16O3/c1-3-7(2)4-5-8(10)6-9(11)12/h7H,3-6H2,1-2H3,(H,11,12). The van der Waals surface area contributed by atoms with E-state index in [0.29, 0.717) is 12.3 Å². The lowest BCUT2D eigenvalue weighted by atomic mass is 10.0. The predicted octanol–water partition coefficient (Wildman–Crippen LogP) is 1.86. The lowest BCUT2D eigenvalue weighted by Crippen LogP contribution is -2.07. The average Bonchev–Trinajstić information content (AvgIpc) is 1.99. The molecule has 0 rings (SSSR count). The van der Waals surface area contributed by atoms with Crippen LogP contribution < -0.4 is 0 Å². The monoisotopic (exact) mass is 172 g/mol. The summed E-state index contributed by atoms with van der Waals surface area (Å²) in [7, 11) is 0. The zero-order valence-corrected chi connectivity index (χ0v) is 7.67. The molecule has 0 aromatic rings. The fourth-order valence-electron chi connectivity index (χ4n) is 0.869. The first-order chi connectivity index (χ1) is 5.56. The molecule has 0 aliphatic carbocycles. The van der Waals surface area contributed by atoms with Crippen molar-refractivity contribution in [1.82, 2.24) is 0 Å². The van der Waals surface area contributed by atoms with Crippen LogP contribution in [0.3, 0.4) is 0 Å². The number of carbonyl (C=O) groups is 2. The molecule has 0 fully saturated rings. The summed E-state index contributed by atoms with van der Waals surface area (Å²) < 4.78 is 0. The molecule has 0 spiro atoms. The third-order valence-electron chi connectivity index (χ3n) is 1.96. The second-order valence-electron chi connectivity index (χ2n) is 3.16. The van der Waals surface area contributed by atoms with Gasteiger partial charge in [0.05, 0.1) is 0 Å². The van der Waals surface area contributed by atoms with Gasteiger partial charge in [0.25, 0.3) is 0 Å². The highest BCUT2D eigenvalue weighted by Crippen LogP contribution is 2.10. The van der Waals surface area contributed by atoms with E-state index in [0.717, 1.165) is 12.8 Å². The smallest absolute Gasteiger partial charge is 0.310 e. The van der Waals surface area contributed by atoms with Crippen LogP contribution in [0.4, 0.5) is 0 Å². The van der Waals surface area contributed by atoms with Gasteiger partial charge in [0.2, 0.25) is 0 Å². The van der Waals surface area contributed by atoms with Crippen molar-refractivity contribution in [2.75, 3.05) is 0 Å². The van der Waals surface area contributed by atoms with Crippen molar-refractivity contribution in [3.63, 3.8) is 0 Å². The number of carboxylic acid groups (broad SMARTS) is 1. The molecule has 0 saturated carbocycles. The minimum atomic E-state index is -1.02. The van der Waals surface area contributed by atoms with E-state index in [2.05, 4.69) is 13.8 Å². The van der Waals surface area contributed by atoms with Crippen LogP contribution in [0.15, 0.2) is 0 Å². The third kappa shape index (κ3) is 5.89. The van der Waals surface area contributed by atoms with E-state index in [-0.39, 0.29) is 12.2 Å². The predicted molar refractivity (Wildman–Crippen MR) is 45.9 cm³/mol. The van der Waals surface area contributed by atoms with Crippen molar-refractivity contribution in [2.45, 2.75) is 39.5 Å². The summed E-state index contributed by atoms with van der Waals surface area (Å²) in [6.07, 6.45) is 1.93. The molecule has 0 bridgehead atoms. The quantitative estimate of drug-likeness (QED) is 0.622. The molecule has 1 atom stereocenters. The van der Waals surface area contributed by atoms with Crippen LogP contribution in [0.25, 0.3) is 0 Å². The van der Waals surface area contributed by atoms with Crippen LogP contribution in [0.2, 0.25) is 0 Å². The largest absolute Gasteiger partial charge is 0.481 e. The van der Waals surface area contributed by atoms with Crippen molar-refractivity contribution in [3.8, 4) is 0 Å². The minimum Gasteiger partial charge on any atom is -0.481 e. The molecule has 0 heterocycles. The third-order valence-corrected chi connectivity index (χ3v) is 1.96. The Morgan fingerprint density at radius 2 is 2.00 bits per heavy atom. The van der Waals surface area contributed by atoms with Gasteiger partial charge < -0.3 is 5.11 Å². The number of Topliss-reactive ketones (excluding diaryl/α,β-unsaturated/α-hetero) is 1. The molecule has 0 aliphatic heterocycles. The van der Waals surface area contributed by atoms with Crippen LogP contribution in [0.1, 0.15) is 39.5 Å². The second-order valence-corrected chi connectivity index (χ2v) is 3.16. The average molecular weight is 172 g/mol. The van der Waals surface area contributed by atoms with Crippen molar-refractivity contribution in [2.24, 2.45) is 5.92 Å². The van der Waals surface area contributed by atoms with Gasteiger partial charge in [0.1, 0.15) is 12.2 Å². The van der Waals surface area contributed by atoms with Crippen LogP contribution >= 0.6 is 0 Å². The molecule has 0 aromatic heterocycles. The first-order valence-corrected chi connectivity index (χ1v) is 4.29. The molecule has 12 heavy (non-hydrogen) atoms. The van der Waals surface area contributed by atoms with Gasteiger partial charge in [-0.1, -0.05) is 20.3 Å². The highest BCUT2D eigenvalue weighted by molar-refractivity contribution is 5.94. The number of carboxylic acids is 1. The fraction of sp³-hybridized carbons (Fsp3) is 0.778. The van der Waals surface area contributed by atoms with Gasteiger partial charge in [-0.05, 0) is 12.3 Å². The molecular weight excluding hydrogens is 156 g/mol. The van der Waals surface area contributed by atoms with Gasteiger partial charge in [-0.3, -0.25) is 9.59 Å². The number of aliphatic carboxylic acids is 1.